The molecule has 0 unspecified atom stereocenters. The summed E-state index contributed by atoms with van der Waals surface area (Å²) in [5.41, 5.74) is 3.09. The summed E-state index contributed by atoms with van der Waals surface area (Å²) in [7, 11) is -15.0. The molecule has 0 aromatic heterocycles. The van der Waals surface area contributed by atoms with Crippen molar-refractivity contribution in [1.82, 2.24) is 0 Å². The minimum absolute atomic E-state index is 0.0597. The van der Waals surface area contributed by atoms with Crippen LogP contribution >= 0.6 is 14.3 Å². The van der Waals surface area contributed by atoms with Crippen molar-refractivity contribution in [2.75, 3.05) is 0 Å². The summed E-state index contributed by atoms with van der Waals surface area (Å²) in [6.45, 7) is 4.13. The first-order chi connectivity index (χ1) is 23.3. The monoisotopic (exact) mass is 718 g/mol. The predicted octanol–water partition coefficient (Wildman–Crippen LogP) is 5.56. The second-order valence-electron chi connectivity index (χ2n) is 13.2. The summed E-state index contributed by atoms with van der Waals surface area (Å²) < 4.78 is 85.6. The van der Waals surface area contributed by atoms with Crippen LogP contribution in [0.4, 0.5) is 0 Å². The summed E-state index contributed by atoms with van der Waals surface area (Å²) >= 11 is 0. The van der Waals surface area contributed by atoms with Crippen LogP contribution in [0, 0.1) is 0 Å². The van der Waals surface area contributed by atoms with Crippen molar-refractivity contribution >= 4 is 65.8 Å². The average Bonchev–Trinajstić information content (AvgIpc) is 3.35. The number of rotatable bonds is 2. The van der Waals surface area contributed by atoms with Gasteiger partial charge in [-0.15, -0.1) is 0 Å². The number of benzene rings is 6. The summed E-state index contributed by atoms with van der Waals surface area (Å²) in [4.78, 5) is 0.239. The average molecular weight is 719 g/mol. The van der Waals surface area contributed by atoms with Crippen molar-refractivity contribution in [2.24, 2.45) is 0 Å². The zero-order valence-corrected chi connectivity index (χ0v) is 29.8. The first-order valence-electron chi connectivity index (χ1n) is 15.7. The van der Waals surface area contributed by atoms with Crippen LogP contribution in [0.1, 0.15) is 25.0 Å². The maximum Gasteiger partial charge on any atom is 0.208 e. The molecule has 6 aromatic rings. The van der Waals surface area contributed by atoms with E-state index in [2.05, 4.69) is 13.8 Å². The second kappa shape index (κ2) is 9.89. The van der Waals surface area contributed by atoms with E-state index >= 15 is 9.13 Å². The molecule has 10 heteroatoms. The van der Waals surface area contributed by atoms with Crippen LogP contribution in [0.2, 0.25) is 0 Å². The van der Waals surface area contributed by atoms with Gasteiger partial charge in [-0.1, -0.05) is 86.6 Å². The van der Waals surface area contributed by atoms with E-state index in [9.17, 15) is 16.8 Å². The van der Waals surface area contributed by atoms with Gasteiger partial charge in [0, 0.05) is 37.2 Å². The Morgan fingerprint density at radius 3 is 1.02 bits per heavy atom. The van der Waals surface area contributed by atoms with Gasteiger partial charge in [-0.25, -0.2) is 16.8 Å². The van der Waals surface area contributed by atoms with Gasteiger partial charge in [0.05, 0.1) is 19.6 Å². The Balaban J connectivity index is 1.24. The molecular weight excluding hydrogens is 691 g/mol. The molecule has 0 radical (unpaired) electrons. The van der Waals surface area contributed by atoms with E-state index in [0.29, 0.717) is 31.8 Å². The van der Waals surface area contributed by atoms with Crippen molar-refractivity contribution in [3.63, 3.8) is 0 Å². The Labute approximate surface area is 285 Å². The molecule has 0 atom stereocenters. The number of sulfone groups is 2. The fourth-order valence-corrected chi connectivity index (χ4v) is 19.3. The lowest BCUT2D eigenvalue weighted by Crippen LogP contribution is -2.36. The Bertz CT molecular complexity index is 2500. The summed E-state index contributed by atoms with van der Waals surface area (Å²) in [5.74, 6) is 0. The number of hydrogen-bond acceptors (Lipinski definition) is 6. The van der Waals surface area contributed by atoms with Crippen molar-refractivity contribution in [1.29, 1.82) is 0 Å². The molecule has 6 nitrogen and oxygen atoms in total. The molecule has 0 amide bonds. The lowest BCUT2D eigenvalue weighted by atomic mass is 9.82. The van der Waals surface area contributed by atoms with Gasteiger partial charge in [0.15, 0.2) is 14.3 Å². The van der Waals surface area contributed by atoms with Crippen LogP contribution in [0.25, 0.3) is 11.1 Å². The maximum atomic E-state index is 15.5. The first kappa shape index (κ1) is 30.7. The van der Waals surface area contributed by atoms with Crippen molar-refractivity contribution < 1.29 is 26.0 Å². The number of hydrogen-bond donors (Lipinski definition) is 0. The molecule has 0 bridgehead atoms. The third-order valence-corrected chi connectivity index (χ3v) is 21.0. The highest BCUT2D eigenvalue weighted by Gasteiger charge is 2.47. The van der Waals surface area contributed by atoms with Gasteiger partial charge < -0.3 is 9.13 Å². The largest absolute Gasteiger partial charge is 0.309 e. The Morgan fingerprint density at radius 2 is 0.714 bits per heavy atom. The van der Waals surface area contributed by atoms with Crippen LogP contribution in [-0.4, -0.2) is 16.8 Å². The summed E-state index contributed by atoms with van der Waals surface area (Å²) in [6, 6.07) is 37.7. The van der Waals surface area contributed by atoms with E-state index < -0.39 is 39.4 Å². The van der Waals surface area contributed by atoms with Gasteiger partial charge in [-0.3, -0.25) is 0 Å². The molecule has 242 valence electrons. The highest BCUT2D eigenvalue weighted by atomic mass is 32.2. The SMILES string of the molecule is CC1(C)c2cc(P3(=O)c4ccccc4S(=O)(=O)c4ccccc43)ccc2-c2ccc(P3(=O)c4ccccc4S(=O)(=O)c4ccccc43)cc21. The molecule has 0 N–H and O–H groups in total. The van der Waals surface area contributed by atoms with Crippen molar-refractivity contribution in [3.8, 4) is 11.1 Å². The van der Waals surface area contributed by atoms with Crippen LogP contribution < -0.4 is 31.8 Å². The molecule has 2 aliphatic heterocycles. The molecule has 2 heterocycles. The van der Waals surface area contributed by atoms with Crippen LogP contribution in [0.15, 0.2) is 153 Å². The fraction of sp³-hybridized carbons (Fsp3) is 0.0769. The fourth-order valence-electron chi connectivity index (χ4n) is 7.94. The molecule has 49 heavy (non-hydrogen) atoms. The molecule has 1 aliphatic carbocycles. The molecule has 0 spiro atoms. The lowest BCUT2D eigenvalue weighted by molar-refractivity contribution is 0.585. The summed E-state index contributed by atoms with van der Waals surface area (Å²) in [5, 5.41) is 2.27. The highest BCUT2D eigenvalue weighted by Crippen LogP contribution is 2.55. The first-order valence-corrected chi connectivity index (χ1v) is 22.1. The van der Waals surface area contributed by atoms with Gasteiger partial charge in [-0.05, 0) is 82.9 Å². The maximum absolute atomic E-state index is 15.5. The van der Waals surface area contributed by atoms with Gasteiger partial charge in [0.1, 0.15) is 0 Å². The number of fused-ring (bicyclic) bond motifs is 7. The smallest absolute Gasteiger partial charge is 0.208 e. The molecule has 0 saturated heterocycles. The van der Waals surface area contributed by atoms with Crippen molar-refractivity contribution in [2.45, 2.75) is 38.8 Å². The van der Waals surface area contributed by atoms with Gasteiger partial charge >= 0.3 is 0 Å². The van der Waals surface area contributed by atoms with Gasteiger partial charge in [0.25, 0.3) is 0 Å². The quantitative estimate of drug-likeness (QED) is 0.217. The third kappa shape index (κ3) is 3.78. The zero-order chi connectivity index (χ0) is 34.1. The molecule has 6 aromatic carbocycles. The van der Waals surface area contributed by atoms with Crippen molar-refractivity contribution in [3.05, 3.63) is 145 Å². The second-order valence-corrected chi connectivity index (χ2v) is 22.4. The third-order valence-electron chi connectivity index (χ3n) is 10.3. The normalized spacial score (nSPS) is 18.9. The van der Waals surface area contributed by atoms with Crippen LogP contribution in [-0.2, 0) is 34.2 Å². The van der Waals surface area contributed by atoms with E-state index in [1.807, 2.05) is 36.4 Å². The van der Waals surface area contributed by atoms with Crippen LogP contribution in [0.3, 0.4) is 0 Å². The zero-order valence-electron chi connectivity index (χ0n) is 26.4. The molecule has 0 fully saturated rings. The molecule has 9 rings (SSSR count). The minimum atomic E-state index is -3.87. The Morgan fingerprint density at radius 1 is 0.429 bits per heavy atom. The Hall–Kier alpha value is -4.32. The van der Waals surface area contributed by atoms with E-state index in [4.69, 9.17) is 0 Å². The standard InChI is InChI=1S/C39H28O6P2S2/c1-39(2)29-23-25(46(40)31-11-3-7-15-35(31)48(42,43)36-16-8-4-12-32(36)46)19-21-27(29)28-22-20-26(24-30(28)39)47(41)33-13-5-9-17-37(33)49(44,45)38-18-10-6-14-34(38)47/h3-24H,1-2H3. The molecule has 3 aliphatic rings. The lowest BCUT2D eigenvalue weighted by Gasteiger charge is -2.30. The van der Waals surface area contributed by atoms with Gasteiger partial charge in [0.2, 0.25) is 19.7 Å². The van der Waals surface area contributed by atoms with E-state index in [1.54, 1.807) is 72.8 Å². The van der Waals surface area contributed by atoms with E-state index in [1.165, 1.54) is 24.3 Å². The van der Waals surface area contributed by atoms with Gasteiger partial charge in [-0.2, -0.15) is 0 Å². The highest BCUT2D eigenvalue weighted by molar-refractivity contribution is 7.97. The molecule has 0 saturated carbocycles. The topological polar surface area (TPSA) is 102 Å². The molecular formula is C39H28O6P2S2. The van der Waals surface area contributed by atoms with E-state index in [-0.39, 0.29) is 19.6 Å². The predicted molar refractivity (Wildman–Crippen MR) is 194 cm³/mol. The minimum Gasteiger partial charge on any atom is -0.309 e. The van der Waals surface area contributed by atoms with E-state index in [0.717, 1.165) is 22.3 Å². The summed E-state index contributed by atoms with van der Waals surface area (Å²) in [6.07, 6.45) is 0. The Kier molecular flexibility index (Phi) is 6.20. The van der Waals surface area contributed by atoms with Crippen LogP contribution in [0.5, 0.6) is 0 Å².